The number of rotatable bonds is 1. The second-order valence-electron chi connectivity index (χ2n) is 2.99. The van der Waals surface area contributed by atoms with E-state index in [1.165, 1.54) is 10.6 Å². The van der Waals surface area contributed by atoms with Gasteiger partial charge in [-0.1, -0.05) is 0 Å². The highest BCUT2D eigenvalue weighted by Crippen LogP contribution is 2.37. The number of alkyl halides is 1. The Morgan fingerprint density at radius 1 is 1.62 bits per heavy atom. The lowest BCUT2D eigenvalue weighted by molar-refractivity contribution is 0.438. The summed E-state index contributed by atoms with van der Waals surface area (Å²) >= 11 is 0. The van der Waals surface area contributed by atoms with E-state index in [2.05, 4.69) is 0 Å². The molecule has 0 unspecified atom stereocenters. The molecule has 0 saturated heterocycles. The molecule has 3 nitrogen and oxygen atoms in total. The number of hydrogen-bond donors (Lipinski definition) is 1. The van der Waals surface area contributed by atoms with E-state index in [1.807, 2.05) is 0 Å². The van der Waals surface area contributed by atoms with E-state index < -0.39 is 6.17 Å². The highest BCUT2D eigenvalue weighted by Gasteiger charge is 2.39. The van der Waals surface area contributed by atoms with E-state index in [0.29, 0.717) is 6.42 Å². The van der Waals surface area contributed by atoms with Gasteiger partial charge in [0.15, 0.2) is 0 Å². The fourth-order valence-electron chi connectivity index (χ4n) is 1.23. The summed E-state index contributed by atoms with van der Waals surface area (Å²) in [5.74, 6) is 0. The van der Waals surface area contributed by atoms with Gasteiger partial charge in [0.1, 0.15) is 6.17 Å². The molecule has 1 heterocycles. The molecule has 72 valence electrons. The van der Waals surface area contributed by atoms with E-state index in [1.54, 1.807) is 12.3 Å². The monoisotopic (exact) mass is 204 g/mol. The van der Waals surface area contributed by atoms with Gasteiger partial charge in [-0.15, -0.1) is 12.4 Å². The van der Waals surface area contributed by atoms with Gasteiger partial charge in [0, 0.05) is 12.6 Å². The van der Waals surface area contributed by atoms with Crippen LogP contribution in [0.2, 0.25) is 0 Å². The molecule has 1 aromatic rings. The quantitative estimate of drug-likeness (QED) is 0.746. The highest BCUT2D eigenvalue weighted by atomic mass is 35.5. The summed E-state index contributed by atoms with van der Waals surface area (Å²) in [6.07, 6.45) is 1.14. The minimum atomic E-state index is -0.871. The molecule has 2 atom stereocenters. The van der Waals surface area contributed by atoms with E-state index >= 15 is 0 Å². The number of aromatic nitrogens is 1. The first kappa shape index (κ1) is 10.1. The largest absolute Gasteiger partial charge is 0.394 e. The Morgan fingerprint density at radius 2 is 2.23 bits per heavy atom. The number of halogens is 2. The molecule has 0 spiro atoms. The SMILES string of the molecule is Cl.Nc1cccn([C@H]2C[C@@H]2F)c1=O. The van der Waals surface area contributed by atoms with Gasteiger partial charge in [0.05, 0.1) is 11.7 Å². The van der Waals surface area contributed by atoms with Crippen molar-refractivity contribution < 1.29 is 4.39 Å². The zero-order valence-corrected chi connectivity index (χ0v) is 7.63. The van der Waals surface area contributed by atoms with Crippen LogP contribution in [-0.4, -0.2) is 10.7 Å². The average Bonchev–Trinajstić information content (AvgIpc) is 2.73. The third-order valence-corrected chi connectivity index (χ3v) is 2.04. The molecule has 2 N–H and O–H groups in total. The Bertz CT molecular complexity index is 365. The van der Waals surface area contributed by atoms with Crippen LogP contribution in [0, 0.1) is 0 Å². The Labute approximate surface area is 80.8 Å². The summed E-state index contributed by atoms with van der Waals surface area (Å²) in [4.78, 5) is 11.3. The van der Waals surface area contributed by atoms with E-state index in [0.717, 1.165) is 0 Å². The summed E-state index contributed by atoms with van der Waals surface area (Å²) in [7, 11) is 0. The first-order valence-corrected chi connectivity index (χ1v) is 3.81. The minimum Gasteiger partial charge on any atom is -0.394 e. The number of anilines is 1. The van der Waals surface area contributed by atoms with Crippen LogP contribution in [0.25, 0.3) is 0 Å². The Hall–Kier alpha value is -1.03. The van der Waals surface area contributed by atoms with Crippen LogP contribution < -0.4 is 11.3 Å². The number of hydrogen-bond acceptors (Lipinski definition) is 2. The van der Waals surface area contributed by atoms with Gasteiger partial charge < -0.3 is 10.3 Å². The highest BCUT2D eigenvalue weighted by molar-refractivity contribution is 5.85. The second-order valence-corrected chi connectivity index (χ2v) is 2.99. The van der Waals surface area contributed by atoms with Gasteiger partial charge in [-0.3, -0.25) is 4.79 Å². The third-order valence-electron chi connectivity index (χ3n) is 2.04. The number of nitrogens with zero attached hydrogens (tertiary/aromatic N) is 1. The molecule has 0 radical (unpaired) electrons. The van der Waals surface area contributed by atoms with Gasteiger partial charge in [-0.05, 0) is 12.1 Å². The summed E-state index contributed by atoms with van der Waals surface area (Å²) in [5.41, 5.74) is 5.26. The lowest BCUT2D eigenvalue weighted by Crippen LogP contribution is -2.21. The first-order valence-electron chi connectivity index (χ1n) is 3.81. The number of pyridine rings is 1. The molecule has 1 fully saturated rings. The smallest absolute Gasteiger partial charge is 0.274 e. The molecule has 2 rings (SSSR count). The van der Waals surface area contributed by atoms with Crippen molar-refractivity contribution >= 4 is 18.1 Å². The summed E-state index contributed by atoms with van der Waals surface area (Å²) in [6.45, 7) is 0. The van der Waals surface area contributed by atoms with Crippen molar-refractivity contribution in [2.45, 2.75) is 18.6 Å². The van der Waals surface area contributed by atoms with Gasteiger partial charge >= 0.3 is 0 Å². The van der Waals surface area contributed by atoms with Crippen LogP contribution in [0.3, 0.4) is 0 Å². The van der Waals surface area contributed by atoms with Crippen molar-refractivity contribution in [3.63, 3.8) is 0 Å². The molecule has 0 aliphatic heterocycles. The third kappa shape index (κ3) is 1.67. The summed E-state index contributed by atoms with van der Waals surface area (Å²) < 4.78 is 13.9. The van der Waals surface area contributed by atoms with Crippen LogP contribution in [0.1, 0.15) is 12.5 Å². The standard InChI is InChI=1S/C8H9FN2O.ClH/c9-5-4-7(5)11-3-1-2-6(10)8(11)12;/h1-3,5,7H,4,10H2;1H/t5-,7-;/m0./s1. The Balaban J connectivity index is 0.000000845. The average molecular weight is 205 g/mol. The van der Waals surface area contributed by atoms with Crippen molar-refractivity contribution in [3.8, 4) is 0 Å². The fourth-order valence-corrected chi connectivity index (χ4v) is 1.23. The van der Waals surface area contributed by atoms with Crippen LogP contribution in [0.15, 0.2) is 23.1 Å². The van der Waals surface area contributed by atoms with E-state index in [-0.39, 0.29) is 29.7 Å². The minimum absolute atomic E-state index is 0. The predicted octanol–water partition coefficient (Wildman–Crippen LogP) is 1.14. The molecule has 0 amide bonds. The maximum atomic E-state index is 12.6. The van der Waals surface area contributed by atoms with Crippen LogP contribution >= 0.6 is 12.4 Å². The van der Waals surface area contributed by atoms with E-state index in [4.69, 9.17) is 5.73 Å². The zero-order chi connectivity index (χ0) is 8.72. The predicted molar refractivity (Wildman–Crippen MR) is 50.9 cm³/mol. The number of nitrogens with two attached hydrogens (primary N) is 1. The second kappa shape index (κ2) is 3.38. The molecule has 13 heavy (non-hydrogen) atoms. The van der Waals surface area contributed by atoms with Crippen LogP contribution in [-0.2, 0) is 0 Å². The molecule has 5 heteroatoms. The lowest BCUT2D eigenvalue weighted by atomic mass is 10.4. The lowest BCUT2D eigenvalue weighted by Gasteiger charge is -2.02. The molecule has 0 bridgehead atoms. The van der Waals surface area contributed by atoms with Crippen molar-refractivity contribution in [3.05, 3.63) is 28.7 Å². The molecule has 1 aliphatic carbocycles. The van der Waals surface area contributed by atoms with E-state index in [9.17, 15) is 9.18 Å². The van der Waals surface area contributed by atoms with Gasteiger partial charge in [-0.25, -0.2) is 4.39 Å². The molecular weight excluding hydrogens is 195 g/mol. The molecule has 0 aromatic carbocycles. The van der Waals surface area contributed by atoms with Crippen molar-refractivity contribution in [1.82, 2.24) is 4.57 Å². The van der Waals surface area contributed by atoms with Crippen LogP contribution in [0.4, 0.5) is 10.1 Å². The number of nitrogen functional groups attached to an aromatic ring is 1. The first-order chi connectivity index (χ1) is 5.70. The van der Waals surface area contributed by atoms with Gasteiger partial charge in [0.2, 0.25) is 0 Å². The Morgan fingerprint density at radius 3 is 2.77 bits per heavy atom. The maximum absolute atomic E-state index is 12.6. The Kier molecular flexibility index (Phi) is 2.61. The molecule has 1 saturated carbocycles. The van der Waals surface area contributed by atoms with Crippen LogP contribution in [0.5, 0.6) is 0 Å². The normalized spacial score (nSPS) is 25.0. The van der Waals surface area contributed by atoms with Crippen molar-refractivity contribution in [2.75, 3.05) is 5.73 Å². The van der Waals surface area contributed by atoms with Gasteiger partial charge in [-0.2, -0.15) is 0 Å². The molecular formula is C8H10ClFN2O. The fraction of sp³-hybridized carbons (Fsp3) is 0.375. The van der Waals surface area contributed by atoms with Gasteiger partial charge in [0.25, 0.3) is 5.56 Å². The summed E-state index contributed by atoms with van der Waals surface area (Å²) in [6, 6.07) is 2.90. The maximum Gasteiger partial charge on any atom is 0.274 e. The summed E-state index contributed by atoms with van der Waals surface area (Å²) in [5, 5.41) is 0. The van der Waals surface area contributed by atoms with Crippen molar-refractivity contribution in [2.24, 2.45) is 0 Å². The molecule has 1 aliphatic rings. The zero-order valence-electron chi connectivity index (χ0n) is 6.81. The van der Waals surface area contributed by atoms with Crippen molar-refractivity contribution in [1.29, 1.82) is 0 Å². The topological polar surface area (TPSA) is 48.0 Å². The molecule has 1 aromatic heterocycles.